The summed E-state index contributed by atoms with van der Waals surface area (Å²) in [5.74, 6) is -0.464. The molecule has 0 radical (unpaired) electrons. The Morgan fingerprint density at radius 1 is 1.37 bits per heavy atom. The molecule has 2 saturated heterocycles. The van der Waals surface area contributed by atoms with Crippen molar-refractivity contribution >= 4 is 17.6 Å². The van der Waals surface area contributed by atoms with Gasteiger partial charge in [-0.1, -0.05) is 0 Å². The van der Waals surface area contributed by atoms with Crippen LogP contribution >= 0.6 is 0 Å². The zero-order valence-corrected chi connectivity index (χ0v) is 15.5. The molecule has 3 rings (SSSR count). The first-order valence-electron chi connectivity index (χ1n) is 9.19. The highest BCUT2D eigenvalue weighted by atomic mass is 19.1. The Morgan fingerprint density at radius 3 is 2.67 bits per heavy atom. The van der Waals surface area contributed by atoms with Crippen molar-refractivity contribution in [2.24, 2.45) is 5.41 Å². The SMILES string of the molecule is CN(CC1(CO)CCOCC1)C(=O)N[C@@H]1CC(=O)N(c2ccc(F)cc2)C1. The second-order valence-electron chi connectivity index (χ2n) is 7.46. The molecule has 0 aliphatic carbocycles. The van der Waals surface area contributed by atoms with E-state index in [9.17, 15) is 19.1 Å². The zero-order valence-electron chi connectivity index (χ0n) is 15.5. The van der Waals surface area contributed by atoms with Crippen LogP contribution in [0, 0.1) is 11.2 Å². The maximum Gasteiger partial charge on any atom is 0.317 e. The third kappa shape index (κ3) is 4.56. The molecule has 0 aromatic heterocycles. The minimum absolute atomic E-state index is 0.00817. The predicted molar refractivity (Wildman–Crippen MR) is 97.9 cm³/mol. The van der Waals surface area contributed by atoms with E-state index in [-0.39, 0.29) is 42.2 Å². The molecular formula is C19H26FN3O4. The number of aliphatic hydroxyl groups is 1. The summed E-state index contributed by atoms with van der Waals surface area (Å²) in [5.41, 5.74) is 0.281. The van der Waals surface area contributed by atoms with Crippen LogP contribution in [-0.4, -0.2) is 67.9 Å². The van der Waals surface area contributed by atoms with Crippen LogP contribution in [0.5, 0.6) is 0 Å². The summed E-state index contributed by atoms with van der Waals surface area (Å²) < 4.78 is 18.4. The van der Waals surface area contributed by atoms with Gasteiger partial charge in [-0.15, -0.1) is 0 Å². The van der Waals surface area contributed by atoms with Gasteiger partial charge in [0, 0.05) is 50.9 Å². The number of halogens is 1. The lowest BCUT2D eigenvalue weighted by molar-refractivity contribution is -0.117. The summed E-state index contributed by atoms with van der Waals surface area (Å²) in [6.07, 6.45) is 1.62. The van der Waals surface area contributed by atoms with Crippen LogP contribution in [0.1, 0.15) is 19.3 Å². The Morgan fingerprint density at radius 2 is 2.04 bits per heavy atom. The van der Waals surface area contributed by atoms with E-state index >= 15 is 0 Å². The first-order chi connectivity index (χ1) is 12.9. The molecule has 2 aliphatic heterocycles. The summed E-state index contributed by atoms with van der Waals surface area (Å²) >= 11 is 0. The molecule has 2 aliphatic rings. The number of ether oxygens (including phenoxy) is 1. The Kier molecular flexibility index (Phi) is 5.96. The van der Waals surface area contributed by atoms with Gasteiger partial charge in [0.05, 0.1) is 12.6 Å². The highest BCUT2D eigenvalue weighted by Gasteiger charge is 2.36. The van der Waals surface area contributed by atoms with Gasteiger partial charge in [0.25, 0.3) is 0 Å². The van der Waals surface area contributed by atoms with Crippen LogP contribution in [0.25, 0.3) is 0 Å². The van der Waals surface area contributed by atoms with E-state index in [1.807, 2.05) is 0 Å². The summed E-state index contributed by atoms with van der Waals surface area (Å²) in [6, 6.07) is 5.15. The number of carbonyl (C=O) groups excluding carboxylic acids is 2. The van der Waals surface area contributed by atoms with Crippen LogP contribution in [-0.2, 0) is 9.53 Å². The highest BCUT2D eigenvalue weighted by Crippen LogP contribution is 2.30. The fraction of sp³-hybridized carbons (Fsp3) is 0.579. The van der Waals surface area contributed by atoms with Crippen LogP contribution in [0.2, 0.25) is 0 Å². The number of aliphatic hydroxyl groups excluding tert-OH is 1. The largest absolute Gasteiger partial charge is 0.396 e. The second-order valence-corrected chi connectivity index (χ2v) is 7.46. The van der Waals surface area contributed by atoms with Crippen molar-refractivity contribution in [3.8, 4) is 0 Å². The Labute approximate surface area is 158 Å². The quantitative estimate of drug-likeness (QED) is 0.809. The number of anilines is 1. The lowest BCUT2D eigenvalue weighted by atomic mass is 9.80. The topological polar surface area (TPSA) is 82.1 Å². The number of hydrogen-bond donors (Lipinski definition) is 2. The number of benzene rings is 1. The van der Waals surface area contributed by atoms with Gasteiger partial charge in [0.1, 0.15) is 5.82 Å². The molecule has 2 N–H and O–H groups in total. The van der Waals surface area contributed by atoms with E-state index in [2.05, 4.69) is 5.32 Å². The number of urea groups is 1. The van der Waals surface area contributed by atoms with E-state index in [0.717, 1.165) is 0 Å². The minimum atomic E-state index is -0.359. The van der Waals surface area contributed by atoms with Crippen molar-refractivity contribution < 1.29 is 23.8 Å². The predicted octanol–water partition coefficient (Wildman–Crippen LogP) is 1.36. The van der Waals surface area contributed by atoms with Crippen LogP contribution in [0.15, 0.2) is 24.3 Å². The van der Waals surface area contributed by atoms with Gasteiger partial charge < -0.3 is 25.0 Å². The van der Waals surface area contributed by atoms with Crippen molar-refractivity contribution in [2.45, 2.75) is 25.3 Å². The van der Waals surface area contributed by atoms with Gasteiger partial charge in [-0.2, -0.15) is 0 Å². The number of amides is 3. The summed E-state index contributed by atoms with van der Waals surface area (Å²) in [7, 11) is 1.69. The molecular weight excluding hydrogens is 353 g/mol. The van der Waals surface area contributed by atoms with Crippen molar-refractivity contribution in [3.63, 3.8) is 0 Å². The number of nitrogens with zero attached hydrogens (tertiary/aromatic N) is 2. The first kappa shape index (κ1) is 19.6. The third-order valence-corrected chi connectivity index (χ3v) is 5.40. The average molecular weight is 379 g/mol. The van der Waals surface area contributed by atoms with E-state index in [1.54, 1.807) is 29.0 Å². The van der Waals surface area contributed by atoms with Crippen LogP contribution in [0.3, 0.4) is 0 Å². The summed E-state index contributed by atoms with van der Waals surface area (Å²) in [6.45, 7) is 1.96. The van der Waals surface area contributed by atoms with Crippen molar-refractivity contribution in [2.75, 3.05) is 44.9 Å². The van der Waals surface area contributed by atoms with E-state index < -0.39 is 0 Å². The van der Waals surface area contributed by atoms with Crippen LogP contribution < -0.4 is 10.2 Å². The molecule has 2 fully saturated rings. The number of hydrogen-bond acceptors (Lipinski definition) is 4. The fourth-order valence-electron chi connectivity index (χ4n) is 3.71. The molecule has 0 bridgehead atoms. The Hall–Kier alpha value is -2.19. The fourth-order valence-corrected chi connectivity index (χ4v) is 3.71. The summed E-state index contributed by atoms with van der Waals surface area (Å²) in [5, 5.41) is 12.7. The third-order valence-electron chi connectivity index (χ3n) is 5.40. The molecule has 7 nitrogen and oxygen atoms in total. The van der Waals surface area contributed by atoms with Crippen molar-refractivity contribution in [1.82, 2.24) is 10.2 Å². The molecule has 2 heterocycles. The maximum atomic E-state index is 13.1. The van der Waals surface area contributed by atoms with Gasteiger partial charge in [-0.05, 0) is 37.1 Å². The van der Waals surface area contributed by atoms with Gasteiger partial charge in [0.2, 0.25) is 5.91 Å². The minimum Gasteiger partial charge on any atom is -0.396 e. The molecule has 0 spiro atoms. The molecule has 0 unspecified atom stereocenters. The lowest BCUT2D eigenvalue weighted by Crippen LogP contribution is -2.50. The van der Waals surface area contributed by atoms with Gasteiger partial charge >= 0.3 is 6.03 Å². The summed E-state index contributed by atoms with van der Waals surface area (Å²) in [4.78, 5) is 27.9. The number of carbonyl (C=O) groups is 2. The Balaban J connectivity index is 1.56. The Bertz CT molecular complexity index is 676. The van der Waals surface area contributed by atoms with Gasteiger partial charge in [0.15, 0.2) is 0 Å². The zero-order chi connectivity index (χ0) is 19.4. The second kappa shape index (κ2) is 8.22. The van der Waals surface area contributed by atoms with E-state index in [1.165, 1.54) is 12.1 Å². The first-order valence-corrected chi connectivity index (χ1v) is 9.19. The molecule has 1 aromatic carbocycles. The van der Waals surface area contributed by atoms with Crippen molar-refractivity contribution in [3.05, 3.63) is 30.1 Å². The molecule has 1 aromatic rings. The average Bonchev–Trinajstić information content (AvgIpc) is 3.03. The smallest absolute Gasteiger partial charge is 0.317 e. The maximum absolute atomic E-state index is 13.1. The molecule has 1 atom stereocenters. The van der Waals surface area contributed by atoms with Gasteiger partial charge in [-0.3, -0.25) is 4.79 Å². The highest BCUT2D eigenvalue weighted by molar-refractivity contribution is 5.96. The monoisotopic (exact) mass is 379 g/mol. The van der Waals surface area contributed by atoms with Gasteiger partial charge in [-0.25, -0.2) is 9.18 Å². The molecule has 8 heteroatoms. The van der Waals surface area contributed by atoms with E-state index in [0.29, 0.717) is 44.8 Å². The molecule has 3 amide bonds. The number of rotatable bonds is 5. The normalized spacial score (nSPS) is 22.0. The van der Waals surface area contributed by atoms with Crippen LogP contribution in [0.4, 0.5) is 14.9 Å². The van der Waals surface area contributed by atoms with Crippen molar-refractivity contribution in [1.29, 1.82) is 0 Å². The molecule has 148 valence electrons. The molecule has 0 saturated carbocycles. The van der Waals surface area contributed by atoms with E-state index in [4.69, 9.17) is 4.74 Å². The lowest BCUT2D eigenvalue weighted by Gasteiger charge is -2.38. The molecule has 27 heavy (non-hydrogen) atoms. The standard InChI is InChI=1S/C19H26FN3O4/c1-22(12-19(13-24)6-8-27-9-7-19)18(26)21-15-10-17(25)23(11-15)16-4-2-14(20)3-5-16/h2-5,15,24H,6-13H2,1H3,(H,21,26)/t15-/m1/s1. The number of nitrogens with one attached hydrogen (secondary N) is 1.